The van der Waals surface area contributed by atoms with E-state index in [0.717, 1.165) is 11.1 Å². The summed E-state index contributed by atoms with van der Waals surface area (Å²) >= 11 is 0. The SMILES string of the molecule is CCN(CC)S(=O)(=O)c1ccc(CCC(=O)Nc2cc(C)ccc2F)cc1. The Balaban J connectivity index is 1.99. The topological polar surface area (TPSA) is 66.5 Å². The van der Waals surface area contributed by atoms with Gasteiger partial charge in [-0.25, -0.2) is 12.8 Å². The number of amides is 1. The number of hydrogen-bond donors (Lipinski definition) is 1. The molecule has 0 atom stereocenters. The van der Waals surface area contributed by atoms with Gasteiger partial charge in [-0.2, -0.15) is 4.31 Å². The van der Waals surface area contributed by atoms with Gasteiger partial charge >= 0.3 is 0 Å². The van der Waals surface area contributed by atoms with Gasteiger partial charge in [-0.05, 0) is 48.7 Å². The lowest BCUT2D eigenvalue weighted by molar-refractivity contribution is -0.116. The molecule has 0 bridgehead atoms. The van der Waals surface area contributed by atoms with Crippen molar-refractivity contribution in [3.63, 3.8) is 0 Å². The van der Waals surface area contributed by atoms with Crippen LogP contribution in [0.3, 0.4) is 0 Å². The van der Waals surface area contributed by atoms with Gasteiger partial charge in [0.25, 0.3) is 0 Å². The highest BCUT2D eigenvalue weighted by atomic mass is 32.2. The Hall–Kier alpha value is -2.25. The minimum absolute atomic E-state index is 0.167. The predicted octanol–water partition coefficient (Wildman–Crippen LogP) is 3.74. The predicted molar refractivity (Wildman–Crippen MR) is 105 cm³/mol. The van der Waals surface area contributed by atoms with E-state index in [9.17, 15) is 17.6 Å². The molecule has 0 heterocycles. The van der Waals surface area contributed by atoms with E-state index in [4.69, 9.17) is 0 Å². The van der Waals surface area contributed by atoms with Gasteiger partial charge in [0.05, 0.1) is 10.6 Å². The Morgan fingerprint density at radius 1 is 1.07 bits per heavy atom. The zero-order valence-electron chi connectivity index (χ0n) is 15.8. The molecule has 7 heteroatoms. The van der Waals surface area contributed by atoms with Crippen molar-refractivity contribution < 1.29 is 17.6 Å². The smallest absolute Gasteiger partial charge is 0.243 e. The molecule has 2 aromatic rings. The third kappa shape index (κ3) is 5.37. The Morgan fingerprint density at radius 2 is 1.70 bits per heavy atom. The fourth-order valence-corrected chi connectivity index (χ4v) is 4.20. The lowest BCUT2D eigenvalue weighted by Gasteiger charge is -2.18. The van der Waals surface area contributed by atoms with Crippen LogP contribution in [0.1, 0.15) is 31.4 Å². The minimum atomic E-state index is -3.49. The Morgan fingerprint density at radius 3 is 2.30 bits per heavy atom. The van der Waals surface area contributed by atoms with Crippen molar-refractivity contribution in [3.8, 4) is 0 Å². The molecule has 2 aromatic carbocycles. The zero-order chi connectivity index (χ0) is 20.0. The van der Waals surface area contributed by atoms with E-state index >= 15 is 0 Å². The van der Waals surface area contributed by atoms with Crippen LogP contribution in [0.5, 0.6) is 0 Å². The average Bonchev–Trinajstić information content (AvgIpc) is 2.64. The van der Waals surface area contributed by atoms with Gasteiger partial charge in [0.2, 0.25) is 15.9 Å². The van der Waals surface area contributed by atoms with E-state index in [1.165, 1.54) is 10.4 Å². The molecule has 1 amide bonds. The lowest BCUT2D eigenvalue weighted by atomic mass is 10.1. The normalized spacial score (nSPS) is 11.6. The summed E-state index contributed by atoms with van der Waals surface area (Å²) in [6.45, 7) is 6.24. The average molecular weight is 392 g/mol. The zero-order valence-corrected chi connectivity index (χ0v) is 16.6. The number of carbonyl (C=O) groups is 1. The molecular formula is C20H25FN2O3S. The van der Waals surface area contributed by atoms with Gasteiger partial charge in [-0.1, -0.05) is 32.0 Å². The molecule has 0 aliphatic carbocycles. The maximum absolute atomic E-state index is 13.7. The van der Waals surface area contributed by atoms with E-state index in [1.54, 1.807) is 50.2 Å². The Kier molecular flexibility index (Phi) is 7.10. The highest BCUT2D eigenvalue weighted by Crippen LogP contribution is 2.18. The van der Waals surface area contributed by atoms with E-state index in [-0.39, 0.29) is 22.9 Å². The summed E-state index contributed by atoms with van der Waals surface area (Å²) < 4.78 is 40.0. The monoisotopic (exact) mass is 392 g/mol. The van der Waals surface area contributed by atoms with Gasteiger partial charge in [0.15, 0.2) is 0 Å². The van der Waals surface area contributed by atoms with Crippen LogP contribution in [0.15, 0.2) is 47.4 Å². The molecule has 146 valence electrons. The van der Waals surface area contributed by atoms with E-state index < -0.39 is 15.8 Å². The maximum atomic E-state index is 13.7. The second kappa shape index (κ2) is 9.10. The highest BCUT2D eigenvalue weighted by Gasteiger charge is 2.21. The summed E-state index contributed by atoms with van der Waals surface area (Å²) in [6.07, 6.45) is 0.611. The Labute approximate surface area is 160 Å². The van der Waals surface area contributed by atoms with Gasteiger partial charge < -0.3 is 5.32 Å². The van der Waals surface area contributed by atoms with Crippen molar-refractivity contribution in [2.45, 2.75) is 38.5 Å². The van der Waals surface area contributed by atoms with Gasteiger partial charge in [0, 0.05) is 19.5 Å². The Bertz CT molecular complexity index is 892. The van der Waals surface area contributed by atoms with E-state index in [0.29, 0.717) is 19.5 Å². The molecule has 0 fully saturated rings. The summed E-state index contributed by atoms with van der Waals surface area (Å²) in [5.74, 6) is -0.765. The summed E-state index contributed by atoms with van der Waals surface area (Å²) in [4.78, 5) is 12.3. The molecule has 0 saturated carbocycles. The number of nitrogens with zero attached hydrogens (tertiary/aromatic N) is 1. The van der Waals surface area contributed by atoms with Crippen molar-refractivity contribution in [3.05, 3.63) is 59.4 Å². The summed E-state index contributed by atoms with van der Waals surface area (Å²) in [6, 6.07) is 11.1. The molecule has 2 rings (SSSR count). The number of anilines is 1. The number of aryl methyl sites for hydroxylation is 2. The third-order valence-corrected chi connectivity index (χ3v) is 6.37. The van der Waals surface area contributed by atoms with Gasteiger partial charge in [-0.3, -0.25) is 4.79 Å². The van der Waals surface area contributed by atoms with Crippen LogP contribution in [0.4, 0.5) is 10.1 Å². The molecule has 5 nitrogen and oxygen atoms in total. The van der Waals surface area contributed by atoms with Crippen LogP contribution in [0.25, 0.3) is 0 Å². The quantitative estimate of drug-likeness (QED) is 0.744. The molecule has 0 aromatic heterocycles. The fourth-order valence-electron chi connectivity index (χ4n) is 2.75. The van der Waals surface area contributed by atoms with Crippen molar-refractivity contribution in [1.29, 1.82) is 0 Å². The standard InChI is InChI=1S/C20H25FN2O3S/c1-4-23(5-2)27(25,26)17-10-7-16(8-11-17)9-13-20(24)22-19-14-15(3)6-12-18(19)21/h6-8,10-12,14H,4-5,9,13H2,1-3H3,(H,22,24). The number of rotatable bonds is 8. The summed E-state index contributed by atoms with van der Waals surface area (Å²) in [5, 5.41) is 2.57. The van der Waals surface area contributed by atoms with E-state index in [2.05, 4.69) is 5.32 Å². The van der Waals surface area contributed by atoms with Gasteiger partial charge in [0.1, 0.15) is 5.82 Å². The second-order valence-corrected chi connectivity index (χ2v) is 8.20. The van der Waals surface area contributed by atoms with Crippen molar-refractivity contribution in [1.82, 2.24) is 4.31 Å². The number of carbonyl (C=O) groups excluding carboxylic acids is 1. The largest absolute Gasteiger partial charge is 0.324 e. The first-order valence-corrected chi connectivity index (χ1v) is 10.4. The molecule has 0 unspecified atom stereocenters. The number of halogens is 1. The molecule has 0 saturated heterocycles. The molecular weight excluding hydrogens is 367 g/mol. The van der Waals surface area contributed by atoms with Crippen molar-refractivity contribution in [2.75, 3.05) is 18.4 Å². The first kappa shape index (κ1) is 21.1. The molecule has 0 spiro atoms. The van der Waals surface area contributed by atoms with Crippen LogP contribution in [0.2, 0.25) is 0 Å². The third-order valence-electron chi connectivity index (χ3n) is 4.30. The number of hydrogen-bond acceptors (Lipinski definition) is 3. The highest BCUT2D eigenvalue weighted by molar-refractivity contribution is 7.89. The second-order valence-electron chi connectivity index (χ2n) is 6.26. The van der Waals surface area contributed by atoms with E-state index in [1.807, 2.05) is 6.92 Å². The van der Waals surface area contributed by atoms with Gasteiger partial charge in [-0.15, -0.1) is 0 Å². The van der Waals surface area contributed by atoms with Crippen LogP contribution >= 0.6 is 0 Å². The molecule has 0 aliphatic rings. The van der Waals surface area contributed by atoms with Crippen LogP contribution in [-0.4, -0.2) is 31.7 Å². The summed E-state index contributed by atoms with van der Waals surface area (Å²) in [5.41, 5.74) is 1.87. The molecule has 0 aliphatic heterocycles. The van der Waals surface area contributed by atoms with Crippen LogP contribution < -0.4 is 5.32 Å². The molecule has 1 N–H and O–H groups in total. The lowest BCUT2D eigenvalue weighted by Crippen LogP contribution is -2.30. The number of nitrogens with one attached hydrogen (secondary N) is 1. The number of benzene rings is 2. The van der Waals surface area contributed by atoms with Crippen molar-refractivity contribution in [2.24, 2.45) is 0 Å². The first-order chi connectivity index (χ1) is 12.8. The van der Waals surface area contributed by atoms with Crippen LogP contribution in [-0.2, 0) is 21.2 Å². The maximum Gasteiger partial charge on any atom is 0.243 e. The first-order valence-electron chi connectivity index (χ1n) is 8.93. The summed E-state index contributed by atoms with van der Waals surface area (Å²) in [7, 11) is -3.49. The minimum Gasteiger partial charge on any atom is -0.324 e. The number of sulfonamides is 1. The molecule has 27 heavy (non-hydrogen) atoms. The fraction of sp³-hybridized carbons (Fsp3) is 0.350. The molecule has 0 radical (unpaired) electrons. The van der Waals surface area contributed by atoms with Crippen LogP contribution in [0, 0.1) is 12.7 Å². The van der Waals surface area contributed by atoms with Crippen molar-refractivity contribution >= 4 is 21.6 Å².